The maximum atomic E-state index is 3.09. The molecule has 10 heavy (non-hydrogen) atoms. The summed E-state index contributed by atoms with van der Waals surface area (Å²) in [4.78, 5) is 0. The molecule has 54 valence electrons. The van der Waals surface area contributed by atoms with E-state index < -0.39 is 0 Å². The molecule has 0 saturated heterocycles. The van der Waals surface area contributed by atoms with Gasteiger partial charge in [-0.2, -0.15) is 0 Å². The maximum Gasteiger partial charge on any atom is 0.0304 e. The highest BCUT2D eigenvalue weighted by molar-refractivity contribution is 14.1. The lowest BCUT2D eigenvalue weighted by atomic mass is 10.1. The first kappa shape index (κ1) is 8.01. The highest BCUT2D eigenvalue weighted by atomic mass is 127. The smallest absolute Gasteiger partial charge is 0.0304 e. The second-order valence-corrected chi connectivity index (χ2v) is 3.00. The Morgan fingerprint density at radius 2 is 2.10 bits per heavy atom. The third-order valence-electron chi connectivity index (χ3n) is 1.52. The van der Waals surface area contributed by atoms with Crippen molar-refractivity contribution in [2.75, 3.05) is 0 Å². The largest absolute Gasteiger partial charge is 0.257 e. The Labute approximate surface area is 75.3 Å². The van der Waals surface area contributed by atoms with Crippen molar-refractivity contribution in [3.8, 4) is 0 Å². The van der Waals surface area contributed by atoms with E-state index in [1.54, 1.807) is 0 Å². The number of benzene rings is 1. The van der Waals surface area contributed by atoms with Gasteiger partial charge in [0.25, 0.3) is 0 Å². The van der Waals surface area contributed by atoms with Gasteiger partial charge in [0.1, 0.15) is 0 Å². The van der Waals surface area contributed by atoms with Crippen LogP contribution in [-0.4, -0.2) is 0 Å². The molecule has 0 aliphatic rings. The summed E-state index contributed by atoms with van der Waals surface area (Å²) in [6, 6.07) is 8.40. The molecule has 0 saturated carbocycles. The van der Waals surface area contributed by atoms with Crippen molar-refractivity contribution in [3.05, 3.63) is 35.4 Å². The molecule has 2 heteroatoms. The maximum absolute atomic E-state index is 3.09. The zero-order valence-electron chi connectivity index (χ0n) is 5.89. The van der Waals surface area contributed by atoms with Crippen LogP contribution in [0.1, 0.15) is 11.1 Å². The van der Waals surface area contributed by atoms with Crippen molar-refractivity contribution >= 4 is 22.9 Å². The summed E-state index contributed by atoms with van der Waals surface area (Å²) in [6.07, 6.45) is 0. The fraction of sp³-hybridized carbons (Fsp3) is 0.250. The lowest BCUT2D eigenvalue weighted by molar-refractivity contribution is 0.997. The minimum absolute atomic E-state index is 0.952. The zero-order chi connectivity index (χ0) is 7.40. The topological polar surface area (TPSA) is 12.0 Å². The summed E-state index contributed by atoms with van der Waals surface area (Å²) in [5.41, 5.74) is 2.73. The Morgan fingerprint density at radius 3 is 2.70 bits per heavy atom. The van der Waals surface area contributed by atoms with Gasteiger partial charge in [-0.25, -0.2) is 0 Å². The fourth-order valence-electron chi connectivity index (χ4n) is 0.880. The molecule has 0 spiro atoms. The number of halogens is 1. The third kappa shape index (κ3) is 1.95. The molecule has 0 aliphatic carbocycles. The second-order valence-electron chi connectivity index (χ2n) is 2.24. The Hall–Kier alpha value is -0.0900. The summed E-state index contributed by atoms with van der Waals surface area (Å²) in [5, 5.41) is 0. The van der Waals surface area contributed by atoms with E-state index in [-0.39, 0.29) is 0 Å². The normalized spacial score (nSPS) is 9.80. The molecule has 0 aliphatic heterocycles. The van der Waals surface area contributed by atoms with E-state index in [0.717, 1.165) is 6.54 Å². The highest BCUT2D eigenvalue weighted by Crippen LogP contribution is 2.06. The van der Waals surface area contributed by atoms with Crippen LogP contribution in [0.5, 0.6) is 0 Å². The number of hydrogen-bond donors (Lipinski definition) is 1. The average Bonchev–Trinajstić information content (AvgIpc) is 1.94. The average molecular weight is 247 g/mol. The molecule has 0 aromatic heterocycles. The molecular formula is C8H10IN. The van der Waals surface area contributed by atoms with Crippen molar-refractivity contribution in [2.24, 2.45) is 0 Å². The zero-order valence-corrected chi connectivity index (χ0v) is 8.05. The molecule has 1 rings (SSSR count). The third-order valence-corrected chi connectivity index (χ3v) is 1.90. The van der Waals surface area contributed by atoms with Crippen LogP contribution in [0.25, 0.3) is 0 Å². The SMILES string of the molecule is Cc1ccccc1CNI. The lowest BCUT2D eigenvalue weighted by Crippen LogP contribution is -1.98. The second kappa shape index (κ2) is 3.93. The Morgan fingerprint density at radius 1 is 1.40 bits per heavy atom. The van der Waals surface area contributed by atoms with Crippen LogP contribution in [0.4, 0.5) is 0 Å². The quantitative estimate of drug-likeness (QED) is 0.625. The van der Waals surface area contributed by atoms with Crippen LogP contribution in [0.15, 0.2) is 24.3 Å². The van der Waals surface area contributed by atoms with Crippen LogP contribution < -0.4 is 3.53 Å². The molecule has 1 nitrogen and oxygen atoms in total. The highest BCUT2D eigenvalue weighted by Gasteiger charge is 1.92. The van der Waals surface area contributed by atoms with Gasteiger partial charge < -0.3 is 0 Å². The molecule has 0 heterocycles. The predicted octanol–water partition coefficient (Wildman–Crippen LogP) is 2.43. The molecule has 0 fully saturated rings. The van der Waals surface area contributed by atoms with Crippen molar-refractivity contribution in [2.45, 2.75) is 13.5 Å². The van der Waals surface area contributed by atoms with E-state index in [0.29, 0.717) is 0 Å². The molecule has 0 radical (unpaired) electrons. The van der Waals surface area contributed by atoms with Gasteiger partial charge in [-0.05, 0) is 18.1 Å². The molecular weight excluding hydrogens is 237 g/mol. The molecule has 1 N–H and O–H groups in total. The number of hydrogen-bond acceptors (Lipinski definition) is 1. The van der Waals surface area contributed by atoms with Crippen LogP contribution >= 0.6 is 22.9 Å². The standard InChI is InChI=1S/C8H10IN/c1-7-4-2-3-5-8(7)6-10-9/h2-5,10H,6H2,1H3. The molecule has 0 bridgehead atoms. The van der Waals surface area contributed by atoms with Gasteiger partial charge in [0, 0.05) is 29.4 Å². The Balaban J connectivity index is 2.81. The predicted molar refractivity (Wildman–Crippen MR) is 52.0 cm³/mol. The van der Waals surface area contributed by atoms with Crippen LogP contribution in [0, 0.1) is 6.92 Å². The van der Waals surface area contributed by atoms with Gasteiger partial charge in [0.05, 0.1) is 0 Å². The van der Waals surface area contributed by atoms with Crippen molar-refractivity contribution in [3.63, 3.8) is 0 Å². The Bertz CT molecular complexity index is 210. The number of aryl methyl sites for hydroxylation is 1. The first-order valence-electron chi connectivity index (χ1n) is 3.22. The van der Waals surface area contributed by atoms with Crippen molar-refractivity contribution in [1.82, 2.24) is 3.53 Å². The molecule has 0 amide bonds. The summed E-state index contributed by atoms with van der Waals surface area (Å²) >= 11 is 2.16. The van der Waals surface area contributed by atoms with E-state index in [1.807, 2.05) is 0 Å². The molecule has 1 aromatic rings. The summed E-state index contributed by atoms with van der Waals surface area (Å²) in [5.74, 6) is 0. The van der Waals surface area contributed by atoms with Crippen molar-refractivity contribution < 1.29 is 0 Å². The summed E-state index contributed by atoms with van der Waals surface area (Å²) < 4.78 is 3.09. The Kier molecular flexibility index (Phi) is 3.15. The minimum atomic E-state index is 0.952. The summed E-state index contributed by atoms with van der Waals surface area (Å²) in [6.45, 7) is 3.08. The van der Waals surface area contributed by atoms with Gasteiger partial charge in [0.15, 0.2) is 0 Å². The number of nitrogens with one attached hydrogen (secondary N) is 1. The van der Waals surface area contributed by atoms with Crippen molar-refractivity contribution in [1.29, 1.82) is 0 Å². The molecule has 1 aromatic carbocycles. The first-order valence-corrected chi connectivity index (χ1v) is 4.30. The monoisotopic (exact) mass is 247 g/mol. The van der Waals surface area contributed by atoms with E-state index >= 15 is 0 Å². The first-order chi connectivity index (χ1) is 4.84. The van der Waals surface area contributed by atoms with Gasteiger partial charge >= 0.3 is 0 Å². The van der Waals surface area contributed by atoms with Gasteiger partial charge in [-0.15, -0.1) is 0 Å². The van der Waals surface area contributed by atoms with Crippen LogP contribution in [0.2, 0.25) is 0 Å². The lowest BCUT2D eigenvalue weighted by Gasteiger charge is -2.01. The van der Waals surface area contributed by atoms with Crippen LogP contribution in [0.3, 0.4) is 0 Å². The number of rotatable bonds is 2. The van der Waals surface area contributed by atoms with E-state index in [9.17, 15) is 0 Å². The summed E-state index contributed by atoms with van der Waals surface area (Å²) in [7, 11) is 0. The van der Waals surface area contributed by atoms with Crippen LogP contribution in [-0.2, 0) is 6.54 Å². The van der Waals surface area contributed by atoms with Gasteiger partial charge in [-0.1, -0.05) is 24.3 Å². The molecule has 0 unspecified atom stereocenters. The van der Waals surface area contributed by atoms with E-state index in [4.69, 9.17) is 0 Å². The van der Waals surface area contributed by atoms with Gasteiger partial charge in [0.2, 0.25) is 0 Å². The van der Waals surface area contributed by atoms with E-state index in [1.165, 1.54) is 11.1 Å². The molecule has 0 atom stereocenters. The fourth-order valence-corrected chi connectivity index (χ4v) is 1.29. The van der Waals surface area contributed by atoms with E-state index in [2.05, 4.69) is 57.6 Å². The minimum Gasteiger partial charge on any atom is -0.257 e. The van der Waals surface area contributed by atoms with Gasteiger partial charge in [-0.3, -0.25) is 3.53 Å².